The van der Waals surface area contributed by atoms with Gasteiger partial charge in [-0.2, -0.15) is 0 Å². The van der Waals surface area contributed by atoms with E-state index >= 15 is 0 Å². The van der Waals surface area contributed by atoms with Gasteiger partial charge >= 0.3 is 0 Å². The van der Waals surface area contributed by atoms with Gasteiger partial charge in [-0.1, -0.05) is 0 Å². The number of hydrogen-bond acceptors (Lipinski definition) is 1. The molecule has 0 aliphatic heterocycles. The summed E-state index contributed by atoms with van der Waals surface area (Å²) < 4.78 is 12.1. The summed E-state index contributed by atoms with van der Waals surface area (Å²) in [6.45, 7) is 7.29. The lowest BCUT2D eigenvalue weighted by Crippen LogP contribution is -2.39. The third-order valence-corrected chi connectivity index (χ3v) is 0.632. The average Bonchev–Trinajstić information content (AvgIpc) is 1.21. The van der Waals surface area contributed by atoms with Crippen molar-refractivity contribution >= 4 is 0 Å². The monoisotopic (exact) mass is 119 g/mol. The van der Waals surface area contributed by atoms with Crippen molar-refractivity contribution in [2.75, 3.05) is 0 Å². The van der Waals surface area contributed by atoms with Crippen LogP contribution in [0.15, 0.2) is 0 Å². The molecule has 0 rings (SSSR count). The lowest BCUT2D eigenvalue weighted by molar-refractivity contribution is 0.234. The predicted octanol–water partition coefficient (Wildman–Crippen LogP) is 1.69. The van der Waals surface area contributed by atoms with Crippen LogP contribution in [-0.4, -0.2) is 11.8 Å². The molecule has 0 aliphatic rings. The topological polar surface area (TPSA) is 12.0 Å². The third kappa shape index (κ3) is 5.89. The summed E-state index contributed by atoms with van der Waals surface area (Å²) in [7, 11) is 0. The van der Waals surface area contributed by atoms with Crippen molar-refractivity contribution in [2.45, 2.75) is 39.5 Å². The van der Waals surface area contributed by atoms with Crippen molar-refractivity contribution in [1.82, 2.24) is 5.32 Å². The molecular formula is C6H14FN. The number of halogens is 1. The van der Waals surface area contributed by atoms with Crippen molar-refractivity contribution in [2.24, 2.45) is 0 Å². The van der Waals surface area contributed by atoms with E-state index in [0.29, 0.717) is 0 Å². The summed E-state index contributed by atoms with van der Waals surface area (Å²) in [5.74, 6) is 0. The summed E-state index contributed by atoms with van der Waals surface area (Å²) in [5.41, 5.74) is -0.103. The number of alkyl halides is 1. The summed E-state index contributed by atoms with van der Waals surface area (Å²) in [6.07, 6.45) is -0.907. The van der Waals surface area contributed by atoms with E-state index in [1.807, 2.05) is 20.8 Å². The minimum absolute atomic E-state index is 0.103. The van der Waals surface area contributed by atoms with Crippen LogP contribution in [0.3, 0.4) is 0 Å². The van der Waals surface area contributed by atoms with Crippen molar-refractivity contribution in [3.8, 4) is 0 Å². The zero-order chi connectivity index (χ0) is 6.78. The molecule has 0 fully saturated rings. The Kier molecular flexibility index (Phi) is 2.41. The molecular weight excluding hydrogens is 105 g/mol. The molecule has 0 aromatic rings. The van der Waals surface area contributed by atoms with Crippen LogP contribution in [0.2, 0.25) is 0 Å². The van der Waals surface area contributed by atoms with Gasteiger partial charge in [-0.05, 0) is 27.7 Å². The van der Waals surface area contributed by atoms with E-state index in [4.69, 9.17) is 0 Å². The summed E-state index contributed by atoms with van der Waals surface area (Å²) in [6, 6.07) is 0. The van der Waals surface area contributed by atoms with Crippen molar-refractivity contribution in [1.29, 1.82) is 0 Å². The fraction of sp³-hybridized carbons (Fsp3) is 1.00. The van der Waals surface area contributed by atoms with Gasteiger partial charge in [0, 0.05) is 5.54 Å². The van der Waals surface area contributed by atoms with E-state index in [0.717, 1.165) is 0 Å². The van der Waals surface area contributed by atoms with Crippen LogP contribution >= 0.6 is 0 Å². The molecule has 1 unspecified atom stereocenters. The van der Waals surface area contributed by atoms with Gasteiger partial charge in [0.25, 0.3) is 0 Å². The van der Waals surface area contributed by atoms with Crippen LogP contribution in [-0.2, 0) is 0 Å². The van der Waals surface area contributed by atoms with Gasteiger partial charge in [-0.25, -0.2) is 4.39 Å². The first-order chi connectivity index (χ1) is 3.42. The zero-order valence-corrected chi connectivity index (χ0v) is 5.96. The maximum Gasteiger partial charge on any atom is 0.148 e. The summed E-state index contributed by atoms with van der Waals surface area (Å²) in [5, 5.41) is 2.72. The molecule has 0 aromatic carbocycles. The molecule has 0 aromatic heterocycles. The first-order valence-electron chi connectivity index (χ1n) is 2.83. The molecule has 1 nitrogen and oxygen atoms in total. The Morgan fingerprint density at radius 2 is 1.75 bits per heavy atom. The SMILES string of the molecule is CC(F)NC(C)(C)C. The van der Waals surface area contributed by atoms with Crippen LogP contribution in [0.5, 0.6) is 0 Å². The predicted molar refractivity (Wildman–Crippen MR) is 33.5 cm³/mol. The Morgan fingerprint density at radius 1 is 1.38 bits per heavy atom. The van der Waals surface area contributed by atoms with Gasteiger partial charge in [0.15, 0.2) is 0 Å². The van der Waals surface area contributed by atoms with E-state index in [1.54, 1.807) is 0 Å². The second kappa shape index (κ2) is 2.44. The minimum atomic E-state index is -0.907. The molecule has 1 N–H and O–H groups in total. The van der Waals surface area contributed by atoms with E-state index < -0.39 is 6.30 Å². The van der Waals surface area contributed by atoms with Gasteiger partial charge < -0.3 is 0 Å². The highest BCUT2D eigenvalue weighted by Gasteiger charge is 2.11. The smallest absolute Gasteiger partial charge is 0.148 e. The highest BCUT2D eigenvalue weighted by molar-refractivity contribution is 4.69. The van der Waals surface area contributed by atoms with Crippen LogP contribution in [0.1, 0.15) is 27.7 Å². The van der Waals surface area contributed by atoms with Gasteiger partial charge in [0.2, 0.25) is 0 Å². The largest absolute Gasteiger partial charge is 0.283 e. The molecule has 0 heterocycles. The van der Waals surface area contributed by atoms with Gasteiger partial charge in [0.05, 0.1) is 0 Å². The van der Waals surface area contributed by atoms with Crippen LogP contribution in [0.4, 0.5) is 4.39 Å². The number of rotatable bonds is 1. The normalized spacial score (nSPS) is 16.1. The molecule has 2 heteroatoms. The molecule has 50 valence electrons. The number of hydrogen-bond donors (Lipinski definition) is 1. The second-order valence-electron chi connectivity index (χ2n) is 3.01. The van der Waals surface area contributed by atoms with E-state index in [-0.39, 0.29) is 5.54 Å². The van der Waals surface area contributed by atoms with Crippen molar-refractivity contribution in [3.05, 3.63) is 0 Å². The zero-order valence-electron chi connectivity index (χ0n) is 5.96. The second-order valence-corrected chi connectivity index (χ2v) is 3.01. The summed E-state index contributed by atoms with van der Waals surface area (Å²) in [4.78, 5) is 0. The molecule has 1 atom stereocenters. The highest BCUT2D eigenvalue weighted by atomic mass is 19.1. The Labute approximate surface area is 50.3 Å². The molecule has 0 bridgehead atoms. The molecule has 8 heavy (non-hydrogen) atoms. The van der Waals surface area contributed by atoms with Gasteiger partial charge in [-0.3, -0.25) is 5.32 Å². The molecule has 0 amide bonds. The lowest BCUT2D eigenvalue weighted by Gasteiger charge is -2.21. The van der Waals surface area contributed by atoms with Crippen LogP contribution < -0.4 is 5.32 Å². The lowest BCUT2D eigenvalue weighted by atomic mass is 10.1. The molecule has 0 spiro atoms. The van der Waals surface area contributed by atoms with E-state index in [9.17, 15) is 4.39 Å². The average molecular weight is 119 g/mol. The molecule has 0 saturated carbocycles. The minimum Gasteiger partial charge on any atom is -0.283 e. The third-order valence-electron chi connectivity index (χ3n) is 0.632. The number of nitrogens with one attached hydrogen (secondary N) is 1. The van der Waals surface area contributed by atoms with E-state index in [1.165, 1.54) is 6.92 Å². The van der Waals surface area contributed by atoms with Crippen LogP contribution in [0.25, 0.3) is 0 Å². The quantitative estimate of drug-likeness (QED) is 0.518. The Bertz CT molecular complexity index is 63.4. The Hall–Kier alpha value is -0.110. The van der Waals surface area contributed by atoms with Gasteiger partial charge in [-0.15, -0.1) is 0 Å². The first kappa shape index (κ1) is 7.89. The fourth-order valence-electron chi connectivity index (χ4n) is 0.597. The highest BCUT2D eigenvalue weighted by Crippen LogP contribution is 2.00. The first-order valence-corrected chi connectivity index (χ1v) is 2.83. The molecule has 0 saturated heterocycles. The Balaban J connectivity index is 3.39. The Morgan fingerprint density at radius 3 is 1.75 bits per heavy atom. The summed E-state index contributed by atoms with van der Waals surface area (Å²) >= 11 is 0. The van der Waals surface area contributed by atoms with Crippen molar-refractivity contribution in [3.63, 3.8) is 0 Å². The molecule has 0 aliphatic carbocycles. The maximum absolute atomic E-state index is 12.1. The fourth-order valence-corrected chi connectivity index (χ4v) is 0.597. The standard InChI is InChI=1S/C6H14FN/c1-5(7)8-6(2,3)4/h5,8H,1-4H3. The van der Waals surface area contributed by atoms with Crippen LogP contribution in [0, 0.1) is 0 Å². The van der Waals surface area contributed by atoms with Crippen molar-refractivity contribution < 1.29 is 4.39 Å². The maximum atomic E-state index is 12.1. The molecule has 0 radical (unpaired) electrons. The van der Waals surface area contributed by atoms with E-state index in [2.05, 4.69) is 5.32 Å². The van der Waals surface area contributed by atoms with Gasteiger partial charge in [0.1, 0.15) is 6.30 Å².